The molecule has 0 aliphatic heterocycles. The summed E-state index contributed by atoms with van der Waals surface area (Å²) >= 11 is 5.54. The first-order chi connectivity index (χ1) is 8.15. The highest BCUT2D eigenvalue weighted by Gasteiger charge is 2.14. The molecule has 0 saturated carbocycles. The monoisotopic (exact) mass is 265 g/mol. The summed E-state index contributed by atoms with van der Waals surface area (Å²) in [5, 5.41) is 0. The van der Waals surface area contributed by atoms with Crippen molar-refractivity contribution in [1.82, 2.24) is 4.90 Å². The standard InChI is InChI=1S/C11H20ClNO4/c1-16-9-8-13(7-5-11(15)17-2)10(14)4-3-6-12/h3-9H2,1-2H3. The van der Waals surface area contributed by atoms with Crippen LogP contribution in [0.1, 0.15) is 19.3 Å². The Balaban J connectivity index is 4.11. The fourth-order valence-electron chi connectivity index (χ4n) is 1.27. The number of halogens is 1. The maximum absolute atomic E-state index is 11.8. The van der Waals surface area contributed by atoms with E-state index in [2.05, 4.69) is 4.74 Å². The Morgan fingerprint density at radius 1 is 1.18 bits per heavy atom. The van der Waals surface area contributed by atoms with Crippen LogP contribution in [0.5, 0.6) is 0 Å². The number of carbonyl (C=O) groups is 2. The minimum absolute atomic E-state index is 0.00777. The maximum Gasteiger partial charge on any atom is 0.307 e. The van der Waals surface area contributed by atoms with Gasteiger partial charge in [-0.2, -0.15) is 0 Å². The first kappa shape index (κ1) is 16.2. The molecule has 17 heavy (non-hydrogen) atoms. The van der Waals surface area contributed by atoms with Crippen molar-refractivity contribution >= 4 is 23.5 Å². The van der Waals surface area contributed by atoms with E-state index in [0.717, 1.165) is 0 Å². The van der Waals surface area contributed by atoms with Crippen LogP contribution in [0.4, 0.5) is 0 Å². The quantitative estimate of drug-likeness (QED) is 0.462. The van der Waals surface area contributed by atoms with Crippen molar-refractivity contribution < 1.29 is 19.1 Å². The third-order valence-electron chi connectivity index (χ3n) is 2.26. The molecule has 0 unspecified atom stereocenters. The molecule has 0 aliphatic rings. The highest BCUT2D eigenvalue weighted by atomic mass is 35.5. The fourth-order valence-corrected chi connectivity index (χ4v) is 1.40. The van der Waals surface area contributed by atoms with E-state index in [1.807, 2.05) is 0 Å². The first-order valence-electron chi connectivity index (χ1n) is 5.55. The molecule has 0 heterocycles. The number of rotatable bonds is 9. The number of nitrogens with zero attached hydrogens (tertiary/aromatic N) is 1. The molecule has 0 saturated heterocycles. The molecule has 0 atom stereocenters. The Kier molecular flexibility index (Phi) is 9.86. The molecule has 0 aromatic heterocycles. The van der Waals surface area contributed by atoms with Gasteiger partial charge in [-0.15, -0.1) is 11.6 Å². The SMILES string of the molecule is COCCN(CCC(=O)OC)C(=O)CCCCl. The van der Waals surface area contributed by atoms with Crippen molar-refractivity contribution in [3.63, 3.8) is 0 Å². The van der Waals surface area contributed by atoms with E-state index in [0.29, 0.717) is 38.4 Å². The molecule has 5 nitrogen and oxygen atoms in total. The number of ether oxygens (including phenoxy) is 2. The van der Waals surface area contributed by atoms with Crippen molar-refractivity contribution in [3.05, 3.63) is 0 Å². The highest BCUT2D eigenvalue weighted by molar-refractivity contribution is 6.17. The summed E-state index contributed by atoms with van der Waals surface area (Å²) in [5.41, 5.74) is 0. The number of carbonyl (C=O) groups excluding carboxylic acids is 2. The van der Waals surface area contributed by atoms with Gasteiger partial charge in [0.1, 0.15) is 0 Å². The molecule has 100 valence electrons. The zero-order valence-electron chi connectivity index (χ0n) is 10.4. The Bertz CT molecular complexity index is 236. The van der Waals surface area contributed by atoms with Gasteiger partial charge in [-0.05, 0) is 6.42 Å². The van der Waals surface area contributed by atoms with Crippen molar-refractivity contribution in [2.45, 2.75) is 19.3 Å². The summed E-state index contributed by atoms with van der Waals surface area (Å²) < 4.78 is 9.46. The van der Waals surface area contributed by atoms with Crippen LogP contribution in [0.2, 0.25) is 0 Å². The molecule has 0 aliphatic carbocycles. The number of hydrogen-bond acceptors (Lipinski definition) is 4. The van der Waals surface area contributed by atoms with Crippen LogP contribution in [0.15, 0.2) is 0 Å². The van der Waals surface area contributed by atoms with Gasteiger partial charge in [-0.25, -0.2) is 0 Å². The van der Waals surface area contributed by atoms with E-state index in [1.54, 1.807) is 12.0 Å². The maximum atomic E-state index is 11.8. The van der Waals surface area contributed by atoms with Crippen molar-refractivity contribution in [3.8, 4) is 0 Å². The minimum atomic E-state index is -0.322. The highest BCUT2D eigenvalue weighted by Crippen LogP contribution is 2.01. The lowest BCUT2D eigenvalue weighted by molar-refractivity contribution is -0.141. The number of alkyl halides is 1. The molecule has 0 fully saturated rings. The smallest absolute Gasteiger partial charge is 0.307 e. The molecule has 0 radical (unpaired) electrons. The topological polar surface area (TPSA) is 55.8 Å². The van der Waals surface area contributed by atoms with Gasteiger partial charge in [0.25, 0.3) is 0 Å². The van der Waals surface area contributed by atoms with Gasteiger partial charge in [0.05, 0.1) is 20.1 Å². The fraction of sp³-hybridized carbons (Fsp3) is 0.818. The van der Waals surface area contributed by atoms with Crippen LogP contribution in [0.3, 0.4) is 0 Å². The average molecular weight is 266 g/mol. The lowest BCUT2D eigenvalue weighted by atomic mass is 10.2. The van der Waals surface area contributed by atoms with E-state index < -0.39 is 0 Å². The summed E-state index contributed by atoms with van der Waals surface area (Å²) in [6, 6.07) is 0. The second-order valence-electron chi connectivity index (χ2n) is 3.49. The molecule has 0 N–H and O–H groups in total. The predicted octanol–water partition coefficient (Wildman–Crippen LogP) is 1.04. The van der Waals surface area contributed by atoms with E-state index in [1.165, 1.54) is 7.11 Å². The van der Waals surface area contributed by atoms with E-state index in [-0.39, 0.29) is 18.3 Å². The summed E-state index contributed by atoms with van der Waals surface area (Å²) in [6.07, 6.45) is 1.24. The Morgan fingerprint density at radius 3 is 2.41 bits per heavy atom. The lowest BCUT2D eigenvalue weighted by Gasteiger charge is -2.21. The van der Waals surface area contributed by atoms with Gasteiger partial charge in [0.2, 0.25) is 5.91 Å². The second-order valence-corrected chi connectivity index (χ2v) is 3.87. The van der Waals surface area contributed by atoms with Crippen LogP contribution in [-0.2, 0) is 19.1 Å². The Labute approximate surface area is 107 Å². The van der Waals surface area contributed by atoms with Crippen LogP contribution in [0.25, 0.3) is 0 Å². The average Bonchev–Trinajstić information content (AvgIpc) is 2.35. The van der Waals surface area contributed by atoms with Crippen LogP contribution in [0, 0.1) is 0 Å². The second kappa shape index (κ2) is 10.4. The number of amides is 1. The largest absolute Gasteiger partial charge is 0.469 e. The molecule has 0 aromatic carbocycles. The zero-order chi connectivity index (χ0) is 13.1. The van der Waals surface area contributed by atoms with E-state index in [9.17, 15) is 9.59 Å². The summed E-state index contributed by atoms with van der Waals surface area (Å²) in [7, 11) is 2.90. The van der Waals surface area contributed by atoms with Gasteiger partial charge in [-0.1, -0.05) is 0 Å². The molecular weight excluding hydrogens is 246 g/mol. The normalized spacial score (nSPS) is 10.1. The predicted molar refractivity (Wildman–Crippen MR) is 65.0 cm³/mol. The zero-order valence-corrected chi connectivity index (χ0v) is 11.2. The molecule has 1 amide bonds. The van der Waals surface area contributed by atoms with E-state index in [4.69, 9.17) is 16.3 Å². The first-order valence-corrected chi connectivity index (χ1v) is 6.08. The van der Waals surface area contributed by atoms with Gasteiger partial charge >= 0.3 is 5.97 Å². The molecule has 0 bridgehead atoms. The van der Waals surface area contributed by atoms with Crippen molar-refractivity contribution in [1.29, 1.82) is 0 Å². The Morgan fingerprint density at radius 2 is 1.88 bits per heavy atom. The van der Waals surface area contributed by atoms with Crippen molar-refractivity contribution in [2.75, 3.05) is 39.8 Å². The molecular formula is C11H20ClNO4. The molecule has 0 rings (SSSR count). The summed E-state index contributed by atoms with van der Waals surface area (Å²) in [5.74, 6) is 0.130. The molecule has 6 heteroatoms. The Hall–Kier alpha value is -0.810. The molecule has 0 spiro atoms. The van der Waals surface area contributed by atoms with Gasteiger partial charge < -0.3 is 14.4 Å². The summed E-state index contributed by atoms with van der Waals surface area (Å²) in [6.45, 7) is 1.29. The van der Waals surface area contributed by atoms with Crippen LogP contribution < -0.4 is 0 Å². The lowest BCUT2D eigenvalue weighted by Crippen LogP contribution is -2.35. The summed E-state index contributed by atoms with van der Waals surface area (Å²) in [4.78, 5) is 24.4. The number of methoxy groups -OCH3 is 2. The van der Waals surface area contributed by atoms with Gasteiger partial charge in [0, 0.05) is 32.5 Å². The van der Waals surface area contributed by atoms with Crippen molar-refractivity contribution in [2.24, 2.45) is 0 Å². The van der Waals surface area contributed by atoms with Crippen LogP contribution in [-0.4, -0.2) is 56.6 Å². The minimum Gasteiger partial charge on any atom is -0.469 e. The third-order valence-corrected chi connectivity index (χ3v) is 2.52. The van der Waals surface area contributed by atoms with Gasteiger partial charge in [0.15, 0.2) is 0 Å². The number of esters is 1. The van der Waals surface area contributed by atoms with Gasteiger partial charge in [-0.3, -0.25) is 9.59 Å². The van der Waals surface area contributed by atoms with Crippen LogP contribution >= 0.6 is 11.6 Å². The number of hydrogen-bond donors (Lipinski definition) is 0. The van der Waals surface area contributed by atoms with E-state index >= 15 is 0 Å². The third kappa shape index (κ3) is 7.99. The molecule has 0 aromatic rings.